The maximum Gasteiger partial charge on any atom is 0.0389 e. The number of thioether (sulfide) groups is 2. The molecule has 0 atom stereocenters. The van der Waals surface area contributed by atoms with Crippen LogP contribution in [0.5, 0.6) is 0 Å². The molecular formula is C6H14S2. The fraction of sp³-hybridized carbons (Fsp3) is 1.00. The summed E-state index contributed by atoms with van der Waals surface area (Å²) in [6.45, 7) is 2.24. The highest BCUT2D eigenvalue weighted by molar-refractivity contribution is 8.15. The molecule has 0 N–H and O–H groups in total. The molecule has 0 unspecified atom stereocenters. The van der Waals surface area contributed by atoms with Gasteiger partial charge in [0, 0.05) is 5.08 Å². The zero-order valence-corrected chi connectivity index (χ0v) is 7.28. The third-order valence-electron chi connectivity index (χ3n) is 0.843. The van der Waals surface area contributed by atoms with Gasteiger partial charge < -0.3 is 0 Å². The first-order valence-corrected chi connectivity index (χ1v) is 5.53. The summed E-state index contributed by atoms with van der Waals surface area (Å²) >= 11 is 3.96. The summed E-state index contributed by atoms with van der Waals surface area (Å²) in [7, 11) is 0. The Kier molecular flexibility index (Phi) is 8.37. The van der Waals surface area contributed by atoms with Crippen molar-refractivity contribution in [2.45, 2.75) is 19.8 Å². The van der Waals surface area contributed by atoms with Gasteiger partial charge in [0.15, 0.2) is 0 Å². The van der Waals surface area contributed by atoms with Gasteiger partial charge in [-0.2, -0.15) is 23.5 Å². The summed E-state index contributed by atoms with van der Waals surface area (Å²) in [5, 5.41) is 1.26. The first-order valence-electron chi connectivity index (χ1n) is 2.98. The Morgan fingerprint density at radius 2 is 2.12 bits per heavy atom. The molecule has 0 aromatic heterocycles. The molecule has 0 saturated carbocycles. The third-order valence-corrected chi connectivity index (χ3v) is 3.03. The van der Waals surface area contributed by atoms with E-state index in [1.807, 2.05) is 23.5 Å². The second-order valence-electron chi connectivity index (χ2n) is 1.67. The van der Waals surface area contributed by atoms with Gasteiger partial charge in [0.1, 0.15) is 0 Å². The summed E-state index contributed by atoms with van der Waals surface area (Å²) in [6.07, 6.45) is 4.87. The summed E-state index contributed by atoms with van der Waals surface area (Å²) in [4.78, 5) is 0. The molecular weight excluding hydrogens is 136 g/mol. The van der Waals surface area contributed by atoms with Crippen molar-refractivity contribution < 1.29 is 0 Å². The largest absolute Gasteiger partial charge is 0.155 e. The molecule has 0 aliphatic heterocycles. The van der Waals surface area contributed by atoms with Gasteiger partial charge >= 0.3 is 0 Å². The second-order valence-corrected chi connectivity index (χ2v) is 4.00. The first kappa shape index (κ1) is 8.70. The number of hydrogen-bond acceptors (Lipinski definition) is 2. The van der Waals surface area contributed by atoms with E-state index >= 15 is 0 Å². The number of unbranched alkanes of at least 4 members (excludes halogenated alkanes) is 1. The average Bonchev–Trinajstić information content (AvgIpc) is 1.81. The predicted molar refractivity (Wildman–Crippen MR) is 45.7 cm³/mol. The van der Waals surface area contributed by atoms with Crippen LogP contribution < -0.4 is 0 Å². The summed E-state index contributed by atoms with van der Waals surface area (Å²) in [5.74, 6) is 1.34. The lowest BCUT2D eigenvalue weighted by Gasteiger charge is -1.94. The summed E-state index contributed by atoms with van der Waals surface area (Å²) < 4.78 is 0. The normalized spacial score (nSPS) is 9.75. The quantitative estimate of drug-likeness (QED) is 0.436. The zero-order valence-electron chi connectivity index (χ0n) is 5.64. The molecule has 0 bridgehead atoms. The van der Waals surface area contributed by atoms with Crippen molar-refractivity contribution in [3.63, 3.8) is 0 Å². The minimum absolute atomic E-state index is 1.26. The van der Waals surface area contributed by atoms with Crippen LogP contribution in [0.2, 0.25) is 0 Å². The summed E-state index contributed by atoms with van der Waals surface area (Å²) in [5.41, 5.74) is 0. The maximum absolute atomic E-state index is 2.24. The molecule has 0 rings (SSSR count). The molecule has 0 radical (unpaired) electrons. The van der Waals surface area contributed by atoms with Crippen LogP contribution in [-0.4, -0.2) is 17.1 Å². The van der Waals surface area contributed by atoms with Crippen molar-refractivity contribution in [1.29, 1.82) is 0 Å². The van der Waals surface area contributed by atoms with Crippen molar-refractivity contribution in [3.05, 3.63) is 0 Å². The fourth-order valence-electron chi connectivity index (χ4n) is 0.389. The van der Waals surface area contributed by atoms with Gasteiger partial charge in [-0.15, -0.1) is 0 Å². The van der Waals surface area contributed by atoms with Crippen LogP contribution in [0.3, 0.4) is 0 Å². The Balaban J connectivity index is 2.53. The molecule has 0 aromatic carbocycles. The van der Waals surface area contributed by atoms with Crippen LogP contribution in [0.4, 0.5) is 0 Å². The minimum atomic E-state index is 1.26. The second kappa shape index (κ2) is 7.70. The predicted octanol–water partition coefficient (Wildman–Crippen LogP) is 2.84. The Hall–Kier alpha value is 0.700. The van der Waals surface area contributed by atoms with Crippen LogP contribution >= 0.6 is 23.5 Å². The van der Waals surface area contributed by atoms with E-state index in [0.29, 0.717) is 0 Å². The van der Waals surface area contributed by atoms with Crippen LogP contribution in [-0.2, 0) is 0 Å². The molecule has 0 aliphatic carbocycles. The van der Waals surface area contributed by atoms with Gasteiger partial charge in [-0.3, -0.25) is 0 Å². The Bertz CT molecular complexity index is 31.5. The van der Waals surface area contributed by atoms with E-state index in [9.17, 15) is 0 Å². The Morgan fingerprint density at radius 3 is 2.62 bits per heavy atom. The molecule has 8 heavy (non-hydrogen) atoms. The van der Waals surface area contributed by atoms with Crippen molar-refractivity contribution >= 4 is 23.5 Å². The van der Waals surface area contributed by atoms with E-state index in [4.69, 9.17) is 0 Å². The van der Waals surface area contributed by atoms with Crippen molar-refractivity contribution in [2.24, 2.45) is 0 Å². The highest BCUT2D eigenvalue weighted by atomic mass is 32.2. The molecule has 0 saturated heterocycles. The molecule has 0 aliphatic rings. The smallest absolute Gasteiger partial charge is 0.0389 e. The van der Waals surface area contributed by atoms with Gasteiger partial charge in [0.25, 0.3) is 0 Å². The monoisotopic (exact) mass is 150 g/mol. The van der Waals surface area contributed by atoms with Crippen LogP contribution in [0.1, 0.15) is 19.8 Å². The van der Waals surface area contributed by atoms with E-state index in [1.54, 1.807) is 0 Å². The highest BCUT2D eigenvalue weighted by Crippen LogP contribution is 2.09. The molecule has 0 spiro atoms. The Labute approximate surface area is 60.8 Å². The molecule has 0 aromatic rings. The lowest BCUT2D eigenvalue weighted by atomic mass is 10.4. The van der Waals surface area contributed by atoms with E-state index in [0.717, 1.165) is 0 Å². The lowest BCUT2D eigenvalue weighted by molar-refractivity contribution is 0.897. The van der Waals surface area contributed by atoms with Crippen molar-refractivity contribution in [3.8, 4) is 0 Å². The third kappa shape index (κ3) is 6.70. The molecule has 0 heterocycles. The number of rotatable bonds is 5. The van der Waals surface area contributed by atoms with E-state index < -0.39 is 0 Å². The molecule has 0 fully saturated rings. The minimum Gasteiger partial charge on any atom is -0.155 e. The van der Waals surface area contributed by atoms with Gasteiger partial charge in [0.05, 0.1) is 0 Å². The zero-order chi connectivity index (χ0) is 6.24. The molecule has 50 valence electrons. The van der Waals surface area contributed by atoms with Gasteiger partial charge in [-0.1, -0.05) is 13.3 Å². The van der Waals surface area contributed by atoms with Crippen molar-refractivity contribution in [1.82, 2.24) is 0 Å². The first-order chi connectivity index (χ1) is 3.91. The van der Waals surface area contributed by atoms with E-state index in [-0.39, 0.29) is 0 Å². The number of hydrogen-bond donors (Lipinski definition) is 0. The SMILES string of the molecule is CCCCSCSC. The van der Waals surface area contributed by atoms with E-state index in [2.05, 4.69) is 13.2 Å². The maximum atomic E-state index is 2.24. The van der Waals surface area contributed by atoms with Crippen LogP contribution in [0, 0.1) is 0 Å². The van der Waals surface area contributed by atoms with Crippen molar-refractivity contribution in [2.75, 3.05) is 17.1 Å². The van der Waals surface area contributed by atoms with Gasteiger partial charge in [-0.25, -0.2) is 0 Å². The van der Waals surface area contributed by atoms with Crippen LogP contribution in [0.25, 0.3) is 0 Å². The molecule has 0 amide bonds. The highest BCUT2D eigenvalue weighted by Gasteiger charge is 1.83. The average molecular weight is 150 g/mol. The molecule has 2 heteroatoms. The topological polar surface area (TPSA) is 0 Å². The summed E-state index contributed by atoms with van der Waals surface area (Å²) in [6, 6.07) is 0. The molecule has 0 nitrogen and oxygen atoms in total. The van der Waals surface area contributed by atoms with Gasteiger partial charge in [-0.05, 0) is 18.4 Å². The van der Waals surface area contributed by atoms with Crippen LogP contribution in [0.15, 0.2) is 0 Å². The van der Waals surface area contributed by atoms with Gasteiger partial charge in [0.2, 0.25) is 0 Å². The Morgan fingerprint density at radius 1 is 1.38 bits per heavy atom. The standard InChI is InChI=1S/C6H14S2/c1-3-4-5-8-6-7-2/h3-6H2,1-2H3. The lowest BCUT2D eigenvalue weighted by Crippen LogP contribution is -1.76. The van der Waals surface area contributed by atoms with E-state index in [1.165, 1.54) is 23.7 Å². The fourth-order valence-corrected chi connectivity index (χ4v) is 2.02.